The van der Waals surface area contributed by atoms with Gasteiger partial charge in [0.2, 0.25) is 10.0 Å². The van der Waals surface area contributed by atoms with Crippen molar-refractivity contribution in [2.75, 3.05) is 6.54 Å². The molecule has 1 aromatic rings. The van der Waals surface area contributed by atoms with Gasteiger partial charge in [-0.2, -0.15) is 0 Å². The van der Waals surface area contributed by atoms with Crippen molar-refractivity contribution in [3.8, 4) is 0 Å². The van der Waals surface area contributed by atoms with E-state index in [9.17, 15) is 18.0 Å². The van der Waals surface area contributed by atoms with Gasteiger partial charge in [0.1, 0.15) is 0 Å². The van der Waals surface area contributed by atoms with Gasteiger partial charge < -0.3 is 10.2 Å². The normalized spacial score (nSPS) is 11.2. The van der Waals surface area contributed by atoms with Crippen molar-refractivity contribution in [3.63, 3.8) is 0 Å². The fraction of sp³-hybridized carbons (Fsp3) is 0.385. The average molecular weight is 315 g/mol. The van der Waals surface area contributed by atoms with Crippen molar-refractivity contribution in [2.24, 2.45) is 0 Å². The predicted octanol–water partition coefficient (Wildman–Crippen LogP) is 1.31. The molecule has 0 spiro atoms. The van der Waals surface area contributed by atoms with Crippen LogP contribution in [0.15, 0.2) is 29.2 Å². The molecule has 0 atom stereocenters. The van der Waals surface area contributed by atoms with E-state index in [1.807, 2.05) is 0 Å². The number of carboxylic acids is 2. The Morgan fingerprint density at radius 3 is 2.43 bits per heavy atom. The van der Waals surface area contributed by atoms with E-state index in [-0.39, 0.29) is 23.4 Å². The predicted molar refractivity (Wildman–Crippen MR) is 74.7 cm³/mol. The van der Waals surface area contributed by atoms with Crippen LogP contribution in [0.3, 0.4) is 0 Å². The van der Waals surface area contributed by atoms with Crippen molar-refractivity contribution < 1.29 is 28.2 Å². The minimum absolute atomic E-state index is 0.0629. The summed E-state index contributed by atoms with van der Waals surface area (Å²) in [5.74, 6) is -2.07. The summed E-state index contributed by atoms with van der Waals surface area (Å²) in [6, 6.07) is 5.09. The quantitative estimate of drug-likeness (QED) is 0.591. The minimum Gasteiger partial charge on any atom is -0.481 e. The van der Waals surface area contributed by atoms with Gasteiger partial charge >= 0.3 is 11.9 Å². The maximum absolute atomic E-state index is 11.9. The standard InChI is InChI=1S/C13H17NO6S/c15-12(16)7-2-1-3-8-14-21(19,20)11-6-4-5-10(9-11)13(17)18/h4-6,9,14H,1-3,7-8H2,(H,15,16)(H,17,18). The van der Waals surface area contributed by atoms with Crippen molar-refractivity contribution in [1.82, 2.24) is 4.72 Å². The van der Waals surface area contributed by atoms with Crippen LogP contribution in [-0.4, -0.2) is 37.1 Å². The Morgan fingerprint density at radius 1 is 1.10 bits per heavy atom. The Labute approximate surface area is 122 Å². The zero-order valence-electron chi connectivity index (χ0n) is 11.3. The van der Waals surface area contributed by atoms with E-state index in [0.29, 0.717) is 19.3 Å². The summed E-state index contributed by atoms with van der Waals surface area (Å²) in [4.78, 5) is 21.0. The molecule has 1 aromatic carbocycles. The number of nitrogens with one attached hydrogen (secondary N) is 1. The Balaban J connectivity index is 2.52. The smallest absolute Gasteiger partial charge is 0.335 e. The molecule has 1 rings (SSSR count). The second kappa shape index (κ2) is 7.75. The highest BCUT2D eigenvalue weighted by atomic mass is 32.2. The molecule has 0 saturated carbocycles. The number of aromatic carboxylic acids is 1. The molecule has 0 heterocycles. The molecule has 0 saturated heterocycles. The molecule has 116 valence electrons. The third-order valence-electron chi connectivity index (χ3n) is 2.75. The van der Waals surface area contributed by atoms with Gasteiger partial charge in [0, 0.05) is 13.0 Å². The van der Waals surface area contributed by atoms with Crippen LogP contribution in [0.25, 0.3) is 0 Å². The van der Waals surface area contributed by atoms with Gasteiger partial charge in [-0.15, -0.1) is 0 Å². The van der Waals surface area contributed by atoms with Crippen molar-refractivity contribution in [3.05, 3.63) is 29.8 Å². The number of benzene rings is 1. The summed E-state index contributed by atoms with van der Waals surface area (Å²) in [7, 11) is -3.75. The van der Waals surface area contributed by atoms with E-state index in [1.54, 1.807) is 0 Å². The van der Waals surface area contributed by atoms with Crippen LogP contribution in [0.5, 0.6) is 0 Å². The average Bonchev–Trinajstić information content (AvgIpc) is 2.42. The van der Waals surface area contributed by atoms with Crippen LogP contribution in [0.1, 0.15) is 36.0 Å². The zero-order valence-corrected chi connectivity index (χ0v) is 12.1. The van der Waals surface area contributed by atoms with E-state index in [0.717, 1.165) is 6.07 Å². The molecule has 0 aliphatic heterocycles. The molecule has 0 unspecified atom stereocenters. The summed E-state index contributed by atoms with van der Waals surface area (Å²) >= 11 is 0. The lowest BCUT2D eigenvalue weighted by Crippen LogP contribution is -2.25. The van der Waals surface area contributed by atoms with Crippen molar-refractivity contribution in [2.45, 2.75) is 30.6 Å². The summed E-state index contributed by atoms with van der Waals surface area (Å²) < 4.78 is 26.3. The van der Waals surface area contributed by atoms with E-state index in [2.05, 4.69) is 4.72 Å². The molecule has 0 fully saturated rings. The fourth-order valence-corrected chi connectivity index (χ4v) is 2.78. The van der Waals surface area contributed by atoms with Crippen LogP contribution < -0.4 is 4.72 Å². The molecular weight excluding hydrogens is 298 g/mol. The molecule has 0 aliphatic rings. The summed E-state index contributed by atoms with van der Waals surface area (Å²) in [5.41, 5.74) is -0.0978. The SMILES string of the molecule is O=C(O)CCCCCNS(=O)(=O)c1cccc(C(=O)O)c1. The maximum atomic E-state index is 11.9. The number of sulfonamides is 1. The van der Waals surface area contributed by atoms with E-state index >= 15 is 0 Å². The molecule has 8 heteroatoms. The van der Waals surface area contributed by atoms with Crippen LogP contribution in [-0.2, 0) is 14.8 Å². The van der Waals surface area contributed by atoms with E-state index in [1.165, 1.54) is 18.2 Å². The zero-order chi connectivity index (χ0) is 15.9. The number of hydrogen-bond donors (Lipinski definition) is 3. The highest BCUT2D eigenvalue weighted by Gasteiger charge is 2.15. The molecule has 3 N–H and O–H groups in total. The third-order valence-corrected chi connectivity index (χ3v) is 4.21. The summed E-state index contributed by atoms with van der Waals surface area (Å²) in [6.45, 7) is 0.180. The first kappa shape index (κ1) is 17.1. The third kappa shape index (κ3) is 5.92. The molecule has 0 radical (unpaired) electrons. The summed E-state index contributed by atoms with van der Waals surface area (Å²) in [5, 5.41) is 17.3. The molecular formula is C13H17NO6S. The molecule has 0 amide bonds. The molecule has 0 bridgehead atoms. The van der Waals surface area contributed by atoms with Gasteiger partial charge in [-0.1, -0.05) is 12.5 Å². The Bertz CT molecular complexity index is 611. The first-order valence-corrected chi connectivity index (χ1v) is 7.86. The molecule has 21 heavy (non-hydrogen) atoms. The van der Waals surface area contributed by atoms with Gasteiger partial charge in [0.05, 0.1) is 10.5 Å². The minimum atomic E-state index is -3.75. The molecule has 7 nitrogen and oxygen atoms in total. The monoisotopic (exact) mass is 315 g/mol. The first-order valence-electron chi connectivity index (χ1n) is 6.38. The molecule has 0 aromatic heterocycles. The largest absolute Gasteiger partial charge is 0.481 e. The lowest BCUT2D eigenvalue weighted by Gasteiger charge is -2.07. The summed E-state index contributed by atoms with van der Waals surface area (Å²) in [6.07, 6.45) is 1.67. The topological polar surface area (TPSA) is 121 Å². The number of carbonyl (C=O) groups is 2. The number of aliphatic carboxylic acids is 1. The van der Waals surface area contributed by atoms with Crippen LogP contribution in [0, 0.1) is 0 Å². The second-order valence-corrected chi connectivity index (χ2v) is 6.20. The van der Waals surface area contributed by atoms with Gasteiger partial charge in [-0.05, 0) is 31.0 Å². The Hall–Kier alpha value is -1.93. The molecule has 0 aliphatic carbocycles. The Kier molecular flexibility index (Phi) is 6.32. The van der Waals surface area contributed by atoms with Crippen LogP contribution in [0.4, 0.5) is 0 Å². The maximum Gasteiger partial charge on any atom is 0.335 e. The fourth-order valence-electron chi connectivity index (χ4n) is 1.66. The first-order chi connectivity index (χ1) is 9.83. The number of rotatable bonds is 9. The number of unbranched alkanes of at least 4 members (excludes halogenated alkanes) is 2. The van der Waals surface area contributed by atoms with Crippen molar-refractivity contribution in [1.29, 1.82) is 0 Å². The van der Waals surface area contributed by atoms with Crippen LogP contribution >= 0.6 is 0 Å². The number of hydrogen-bond acceptors (Lipinski definition) is 4. The van der Waals surface area contributed by atoms with Gasteiger partial charge in [0.25, 0.3) is 0 Å². The highest BCUT2D eigenvalue weighted by Crippen LogP contribution is 2.11. The van der Waals surface area contributed by atoms with Gasteiger partial charge in [-0.25, -0.2) is 17.9 Å². The number of carboxylic acid groups (broad SMARTS) is 2. The van der Waals surface area contributed by atoms with E-state index < -0.39 is 22.0 Å². The van der Waals surface area contributed by atoms with Gasteiger partial charge in [-0.3, -0.25) is 4.79 Å². The lowest BCUT2D eigenvalue weighted by atomic mass is 10.2. The van der Waals surface area contributed by atoms with E-state index in [4.69, 9.17) is 10.2 Å². The van der Waals surface area contributed by atoms with Crippen molar-refractivity contribution >= 4 is 22.0 Å². The second-order valence-electron chi connectivity index (χ2n) is 4.44. The lowest BCUT2D eigenvalue weighted by molar-refractivity contribution is -0.137. The van der Waals surface area contributed by atoms with Crippen LogP contribution in [0.2, 0.25) is 0 Å². The Morgan fingerprint density at radius 2 is 1.81 bits per heavy atom. The van der Waals surface area contributed by atoms with Gasteiger partial charge in [0.15, 0.2) is 0 Å². The highest BCUT2D eigenvalue weighted by molar-refractivity contribution is 7.89.